The van der Waals surface area contributed by atoms with Crippen molar-refractivity contribution in [1.29, 1.82) is 0 Å². The number of alkyl halides is 1. The number of fused-ring (bicyclic) bond motifs is 4. The Hall–Kier alpha value is -3.52. The predicted molar refractivity (Wildman–Crippen MR) is 172 cm³/mol. The number of carbonyl (C=O) groups is 1. The number of rotatable bonds is 9. The number of nitrogens with zero attached hydrogens (tertiary/aromatic N) is 2. The molecule has 1 saturated heterocycles. The first-order valence-electron chi connectivity index (χ1n) is 14.7. The lowest BCUT2D eigenvalue weighted by Crippen LogP contribution is -2.30. The van der Waals surface area contributed by atoms with Crippen LogP contribution in [0.2, 0.25) is 0 Å². The van der Waals surface area contributed by atoms with Gasteiger partial charge in [-0.15, -0.1) is 22.9 Å². The van der Waals surface area contributed by atoms with E-state index >= 15 is 0 Å². The number of aryl methyl sites for hydroxylation is 1. The third kappa shape index (κ3) is 5.14. The molecule has 2 aliphatic rings. The second-order valence-electron chi connectivity index (χ2n) is 11.3. The molecule has 5 aromatic rings. The van der Waals surface area contributed by atoms with Gasteiger partial charge in [-0.2, -0.15) is 0 Å². The van der Waals surface area contributed by atoms with Gasteiger partial charge in [0.15, 0.2) is 0 Å². The van der Waals surface area contributed by atoms with Gasteiger partial charge in [0.2, 0.25) is 0 Å². The minimum atomic E-state index is -0.0715. The van der Waals surface area contributed by atoms with Crippen LogP contribution in [0.5, 0.6) is 11.5 Å². The predicted octanol–water partition coefficient (Wildman–Crippen LogP) is 7.73. The molecule has 0 unspecified atom stereocenters. The lowest BCUT2D eigenvalue weighted by Gasteiger charge is -2.18. The monoisotopic (exact) mass is 599 g/mol. The molecule has 8 heteroatoms. The van der Waals surface area contributed by atoms with E-state index in [4.69, 9.17) is 21.1 Å². The zero-order valence-electron chi connectivity index (χ0n) is 23.7. The molecule has 1 atom stereocenters. The molecule has 0 aliphatic carbocycles. The third-order valence-corrected chi connectivity index (χ3v) is 9.96. The number of aromatic amines is 1. The molecule has 2 aliphatic heterocycles. The van der Waals surface area contributed by atoms with E-state index in [9.17, 15) is 4.79 Å². The van der Waals surface area contributed by atoms with E-state index in [1.54, 1.807) is 11.3 Å². The van der Waals surface area contributed by atoms with Gasteiger partial charge in [0.25, 0.3) is 5.91 Å². The van der Waals surface area contributed by atoms with Crippen LogP contribution in [-0.2, 0) is 6.61 Å². The number of anilines is 1. The molecule has 0 saturated carbocycles. The van der Waals surface area contributed by atoms with Crippen molar-refractivity contribution in [1.82, 2.24) is 9.88 Å². The number of ether oxygens (including phenoxy) is 2. The number of amides is 1. The Morgan fingerprint density at radius 1 is 1.07 bits per heavy atom. The highest BCUT2D eigenvalue weighted by Crippen LogP contribution is 2.49. The van der Waals surface area contributed by atoms with Crippen molar-refractivity contribution < 1.29 is 14.3 Å². The molecular weight excluding hydrogens is 566 g/mol. The summed E-state index contributed by atoms with van der Waals surface area (Å²) < 4.78 is 13.5. The summed E-state index contributed by atoms with van der Waals surface area (Å²) in [5, 5.41) is 4.29. The van der Waals surface area contributed by atoms with E-state index in [1.165, 1.54) is 18.4 Å². The van der Waals surface area contributed by atoms with Crippen LogP contribution in [0, 0.1) is 6.92 Å². The first-order valence-corrected chi connectivity index (χ1v) is 16.1. The van der Waals surface area contributed by atoms with Crippen molar-refractivity contribution in [2.75, 3.05) is 43.6 Å². The van der Waals surface area contributed by atoms with Crippen molar-refractivity contribution in [3.8, 4) is 11.5 Å². The van der Waals surface area contributed by atoms with Gasteiger partial charge in [-0.1, -0.05) is 30.3 Å². The fraction of sp³-hybridized carbons (Fsp3) is 0.324. The minimum Gasteiger partial charge on any atom is -0.492 e. The van der Waals surface area contributed by atoms with Crippen LogP contribution < -0.4 is 14.4 Å². The average Bonchev–Trinajstić information content (AvgIpc) is 3.82. The standard InChI is InChI=1S/C34H34ClN3O3S/c1-22-21-42-33-30(41-20-23-7-3-2-4-8-23)17-29-32(31(22)33)25(18-35)19-38(29)34(39)28-16-24-15-26(9-10-27(24)36-28)40-14-13-37-11-5-6-12-37/h2-4,7-10,15-17,21,25,36H,5-6,11-14,18-20H2,1H3/t25-/m1/s1. The summed E-state index contributed by atoms with van der Waals surface area (Å²) in [4.78, 5) is 21.7. The molecule has 42 heavy (non-hydrogen) atoms. The van der Waals surface area contributed by atoms with Gasteiger partial charge >= 0.3 is 0 Å². The molecule has 7 rings (SSSR count). The number of H-pyrrole nitrogens is 1. The van der Waals surface area contributed by atoms with Crippen LogP contribution in [0.25, 0.3) is 21.0 Å². The van der Waals surface area contributed by atoms with Crippen LogP contribution in [0.3, 0.4) is 0 Å². The van der Waals surface area contributed by atoms with Crippen LogP contribution in [-0.4, -0.2) is 54.5 Å². The molecule has 216 valence electrons. The summed E-state index contributed by atoms with van der Waals surface area (Å²) in [6.07, 6.45) is 2.55. The summed E-state index contributed by atoms with van der Waals surface area (Å²) in [6.45, 7) is 7.05. The van der Waals surface area contributed by atoms with Crippen molar-refractivity contribution in [2.24, 2.45) is 0 Å². The summed E-state index contributed by atoms with van der Waals surface area (Å²) in [7, 11) is 0. The number of nitrogens with one attached hydrogen (secondary N) is 1. The zero-order chi connectivity index (χ0) is 28.6. The highest BCUT2D eigenvalue weighted by Gasteiger charge is 2.36. The molecule has 1 N–H and O–H groups in total. The van der Waals surface area contributed by atoms with Gasteiger partial charge in [0.05, 0.1) is 10.4 Å². The molecule has 0 spiro atoms. The Morgan fingerprint density at radius 2 is 1.90 bits per heavy atom. The summed E-state index contributed by atoms with van der Waals surface area (Å²) in [5.74, 6) is 2.04. The van der Waals surface area contributed by atoms with E-state index in [2.05, 4.69) is 34.3 Å². The van der Waals surface area contributed by atoms with E-state index in [-0.39, 0.29) is 11.8 Å². The SMILES string of the molecule is Cc1csc2c(OCc3ccccc3)cc3c(c12)[C@H](CCl)CN3C(=O)c1cc2cc(OCCN3CCCC3)ccc2[nH]1. The highest BCUT2D eigenvalue weighted by molar-refractivity contribution is 7.17. The van der Waals surface area contributed by atoms with Crippen molar-refractivity contribution in [2.45, 2.75) is 32.3 Å². The van der Waals surface area contributed by atoms with Crippen LogP contribution in [0.15, 0.2) is 66.0 Å². The van der Waals surface area contributed by atoms with E-state index in [0.29, 0.717) is 31.3 Å². The normalized spacial score (nSPS) is 16.9. The minimum absolute atomic E-state index is 0.0459. The number of thiophene rings is 1. The lowest BCUT2D eigenvalue weighted by molar-refractivity contribution is 0.0984. The fourth-order valence-corrected chi connectivity index (χ4v) is 7.61. The lowest BCUT2D eigenvalue weighted by atomic mass is 9.97. The maximum Gasteiger partial charge on any atom is 0.274 e. The van der Waals surface area contributed by atoms with Gasteiger partial charge in [-0.25, -0.2) is 0 Å². The Balaban J connectivity index is 1.17. The Morgan fingerprint density at radius 3 is 2.71 bits per heavy atom. The Kier molecular flexibility index (Phi) is 7.57. The van der Waals surface area contributed by atoms with Crippen molar-refractivity contribution in [3.05, 3.63) is 88.4 Å². The second kappa shape index (κ2) is 11.6. The number of benzene rings is 3. The summed E-state index contributed by atoms with van der Waals surface area (Å²) >= 11 is 8.21. The van der Waals surface area contributed by atoms with Gasteiger partial charge in [-0.3, -0.25) is 9.69 Å². The van der Waals surface area contributed by atoms with Crippen LogP contribution >= 0.6 is 22.9 Å². The maximum atomic E-state index is 14.1. The molecule has 6 nitrogen and oxygen atoms in total. The van der Waals surface area contributed by atoms with Crippen molar-refractivity contribution in [3.63, 3.8) is 0 Å². The van der Waals surface area contributed by atoms with Crippen molar-refractivity contribution >= 4 is 55.5 Å². The number of likely N-dealkylation sites (tertiary alicyclic amines) is 1. The maximum absolute atomic E-state index is 14.1. The number of aromatic nitrogens is 1. The molecule has 4 heterocycles. The molecule has 0 bridgehead atoms. The Bertz CT molecular complexity index is 1740. The van der Waals surface area contributed by atoms with Crippen LogP contribution in [0.4, 0.5) is 5.69 Å². The third-order valence-electron chi connectivity index (χ3n) is 8.48. The molecular formula is C34H34ClN3O3S. The van der Waals surface area contributed by atoms with Gasteiger partial charge < -0.3 is 19.4 Å². The second-order valence-corrected chi connectivity index (χ2v) is 12.5. The zero-order valence-corrected chi connectivity index (χ0v) is 25.3. The summed E-state index contributed by atoms with van der Waals surface area (Å²) in [6, 6.07) is 20.1. The van der Waals surface area contributed by atoms with Gasteiger partial charge in [0.1, 0.15) is 30.4 Å². The number of halogens is 1. The smallest absolute Gasteiger partial charge is 0.274 e. The quantitative estimate of drug-likeness (QED) is 0.176. The topological polar surface area (TPSA) is 57.8 Å². The number of carbonyl (C=O) groups excluding carboxylic acids is 1. The molecule has 1 amide bonds. The first kappa shape index (κ1) is 27.3. The largest absolute Gasteiger partial charge is 0.492 e. The number of hydrogen-bond donors (Lipinski definition) is 1. The van der Waals surface area contributed by atoms with E-state index in [0.717, 1.165) is 68.9 Å². The first-order chi connectivity index (χ1) is 20.6. The molecule has 0 radical (unpaired) electrons. The van der Waals surface area contributed by atoms with Crippen LogP contribution in [0.1, 0.15) is 45.9 Å². The number of hydrogen-bond acceptors (Lipinski definition) is 5. The molecule has 1 fully saturated rings. The van der Waals surface area contributed by atoms with E-state index in [1.807, 2.05) is 53.4 Å². The molecule has 3 aromatic carbocycles. The highest BCUT2D eigenvalue weighted by atomic mass is 35.5. The molecule has 2 aromatic heterocycles. The fourth-order valence-electron chi connectivity index (χ4n) is 6.32. The summed E-state index contributed by atoms with van der Waals surface area (Å²) in [5.41, 5.74) is 5.77. The Labute approximate surface area is 254 Å². The van der Waals surface area contributed by atoms with Gasteiger partial charge in [0, 0.05) is 47.2 Å². The average molecular weight is 600 g/mol. The van der Waals surface area contributed by atoms with Gasteiger partial charge in [-0.05, 0) is 79.2 Å². The van der Waals surface area contributed by atoms with E-state index < -0.39 is 0 Å².